The number of hydrogen-bond donors (Lipinski definition) is 1. The molecular formula is C11H22N2. The summed E-state index contributed by atoms with van der Waals surface area (Å²) in [6, 6.07) is 0. The van der Waals surface area contributed by atoms with Crippen molar-refractivity contribution in [1.82, 2.24) is 10.2 Å². The third kappa shape index (κ3) is 2.05. The topological polar surface area (TPSA) is 15.3 Å². The number of piperidine rings is 2. The van der Waals surface area contributed by atoms with Gasteiger partial charge in [-0.15, -0.1) is 0 Å². The van der Waals surface area contributed by atoms with Crippen molar-refractivity contribution in [2.75, 3.05) is 26.2 Å². The zero-order chi connectivity index (χ0) is 9.47. The monoisotopic (exact) mass is 182 g/mol. The van der Waals surface area contributed by atoms with Crippen molar-refractivity contribution in [3.8, 4) is 0 Å². The molecule has 0 aromatic rings. The highest BCUT2D eigenvalue weighted by molar-refractivity contribution is 4.90. The van der Waals surface area contributed by atoms with E-state index >= 15 is 0 Å². The lowest BCUT2D eigenvalue weighted by Crippen LogP contribution is -2.56. The van der Waals surface area contributed by atoms with Crippen LogP contribution < -0.4 is 5.32 Å². The molecule has 13 heavy (non-hydrogen) atoms. The molecule has 1 N–H and O–H groups in total. The lowest BCUT2D eigenvalue weighted by atomic mass is 9.84. The first kappa shape index (κ1) is 9.47. The largest absolute Gasteiger partial charge is 0.316 e. The molecule has 0 spiro atoms. The number of nitrogens with one attached hydrogen (secondary N) is 1. The smallest absolute Gasteiger partial charge is 0.0125 e. The molecular weight excluding hydrogens is 160 g/mol. The number of rotatable bonds is 0. The van der Waals surface area contributed by atoms with Gasteiger partial charge in [-0.1, -0.05) is 0 Å². The van der Waals surface area contributed by atoms with Crippen molar-refractivity contribution in [1.29, 1.82) is 0 Å². The van der Waals surface area contributed by atoms with Gasteiger partial charge < -0.3 is 5.32 Å². The molecule has 2 atom stereocenters. The number of nitrogens with zero attached hydrogens (tertiary/aromatic N) is 1. The van der Waals surface area contributed by atoms with Crippen LogP contribution in [-0.2, 0) is 0 Å². The van der Waals surface area contributed by atoms with Crippen LogP contribution in [0.4, 0.5) is 0 Å². The summed E-state index contributed by atoms with van der Waals surface area (Å²) in [5.74, 6) is 1.82. The van der Waals surface area contributed by atoms with E-state index in [9.17, 15) is 0 Å². The first-order valence-corrected chi connectivity index (χ1v) is 5.51. The second kappa shape index (κ2) is 3.25. The summed E-state index contributed by atoms with van der Waals surface area (Å²) in [5, 5.41) is 3.53. The SMILES string of the molecule is CC(C)(C)N1CC2CNCC(C2)C1. The summed E-state index contributed by atoms with van der Waals surface area (Å²) in [4.78, 5) is 2.66. The average Bonchev–Trinajstić information content (AvgIpc) is 2.01. The average molecular weight is 182 g/mol. The molecule has 76 valence electrons. The van der Waals surface area contributed by atoms with E-state index in [4.69, 9.17) is 0 Å². The van der Waals surface area contributed by atoms with Crippen LogP contribution in [0.15, 0.2) is 0 Å². The molecule has 2 aliphatic rings. The fourth-order valence-corrected chi connectivity index (χ4v) is 2.65. The van der Waals surface area contributed by atoms with Gasteiger partial charge in [-0.3, -0.25) is 4.90 Å². The molecule has 2 heteroatoms. The van der Waals surface area contributed by atoms with Crippen molar-refractivity contribution in [3.63, 3.8) is 0 Å². The van der Waals surface area contributed by atoms with Crippen molar-refractivity contribution >= 4 is 0 Å². The molecule has 0 saturated carbocycles. The number of fused-ring (bicyclic) bond motifs is 2. The Morgan fingerprint density at radius 1 is 1.08 bits per heavy atom. The van der Waals surface area contributed by atoms with Gasteiger partial charge in [-0.25, -0.2) is 0 Å². The van der Waals surface area contributed by atoms with Crippen LogP contribution in [0.5, 0.6) is 0 Å². The van der Waals surface area contributed by atoms with Gasteiger partial charge in [-0.05, 0) is 52.1 Å². The van der Waals surface area contributed by atoms with Gasteiger partial charge in [0, 0.05) is 18.6 Å². The molecule has 0 aliphatic carbocycles. The lowest BCUT2D eigenvalue weighted by molar-refractivity contribution is 0.0310. The Balaban J connectivity index is 2.01. The third-order valence-electron chi connectivity index (χ3n) is 3.44. The van der Waals surface area contributed by atoms with E-state index in [2.05, 4.69) is 31.0 Å². The van der Waals surface area contributed by atoms with Crippen LogP contribution >= 0.6 is 0 Å². The van der Waals surface area contributed by atoms with Crippen molar-refractivity contribution in [2.45, 2.75) is 32.7 Å². The van der Waals surface area contributed by atoms with Gasteiger partial charge >= 0.3 is 0 Å². The summed E-state index contributed by atoms with van der Waals surface area (Å²) < 4.78 is 0. The number of hydrogen-bond acceptors (Lipinski definition) is 2. The molecule has 2 rings (SSSR count). The van der Waals surface area contributed by atoms with Gasteiger partial charge in [-0.2, -0.15) is 0 Å². The fourth-order valence-electron chi connectivity index (χ4n) is 2.65. The van der Waals surface area contributed by atoms with Crippen molar-refractivity contribution in [3.05, 3.63) is 0 Å². The van der Waals surface area contributed by atoms with E-state index in [0.717, 1.165) is 11.8 Å². The maximum atomic E-state index is 3.53. The summed E-state index contributed by atoms with van der Waals surface area (Å²) in [5.41, 5.74) is 0.369. The zero-order valence-electron chi connectivity index (χ0n) is 9.14. The molecule has 0 aromatic heterocycles. The molecule has 0 aromatic carbocycles. The Bertz CT molecular complexity index is 171. The van der Waals surface area contributed by atoms with E-state index in [0.29, 0.717) is 5.54 Å². The van der Waals surface area contributed by atoms with E-state index in [1.165, 1.54) is 32.6 Å². The first-order valence-electron chi connectivity index (χ1n) is 5.51. The molecule has 2 aliphatic heterocycles. The van der Waals surface area contributed by atoms with Gasteiger partial charge in [0.1, 0.15) is 0 Å². The Morgan fingerprint density at radius 2 is 1.62 bits per heavy atom. The van der Waals surface area contributed by atoms with Crippen LogP contribution in [0, 0.1) is 11.8 Å². The second-order valence-corrected chi connectivity index (χ2v) is 5.70. The minimum Gasteiger partial charge on any atom is -0.316 e. The Labute approximate surface area is 81.7 Å². The summed E-state index contributed by atoms with van der Waals surface area (Å²) in [6.07, 6.45) is 1.46. The third-order valence-corrected chi connectivity index (χ3v) is 3.44. The molecule has 2 saturated heterocycles. The molecule has 2 bridgehead atoms. The standard InChI is InChI=1S/C11H22N2/c1-11(2,3)13-7-9-4-10(8-13)6-12-5-9/h9-10,12H,4-8H2,1-3H3. The zero-order valence-corrected chi connectivity index (χ0v) is 9.14. The first-order chi connectivity index (χ1) is 6.05. The molecule has 0 radical (unpaired) electrons. The maximum Gasteiger partial charge on any atom is 0.0125 e. The second-order valence-electron chi connectivity index (χ2n) is 5.70. The minimum atomic E-state index is 0.369. The van der Waals surface area contributed by atoms with Crippen LogP contribution in [0.1, 0.15) is 27.2 Å². The van der Waals surface area contributed by atoms with E-state index in [-0.39, 0.29) is 0 Å². The van der Waals surface area contributed by atoms with Crippen molar-refractivity contribution in [2.24, 2.45) is 11.8 Å². The highest BCUT2D eigenvalue weighted by Crippen LogP contribution is 2.28. The highest BCUT2D eigenvalue weighted by atomic mass is 15.2. The van der Waals surface area contributed by atoms with Crippen LogP contribution in [0.3, 0.4) is 0 Å². The predicted octanol–water partition coefficient (Wildman–Crippen LogP) is 1.33. The van der Waals surface area contributed by atoms with Crippen molar-refractivity contribution < 1.29 is 0 Å². The van der Waals surface area contributed by atoms with Crippen LogP contribution in [-0.4, -0.2) is 36.6 Å². The lowest BCUT2D eigenvalue weighted by Gasteiger charge is -2.47. The summed E-state index contributed by atoms with van der Waals surface area (Å²) in [7, 11) is 0. The van der Waals surface area contributed by atoms with Gasteiger partial charge in [0.15, 0.2) is 0 Å². The normalized spacial score (nSPS) is 36.2. The maximum absolute atomic E-state index is 3.53. The summed E-state index contributed by atoms with van der Waals surface area (Å²) in [6.45, 7) is 12.1. The Hall–Kier alpha value is -0.0800. The molecule has 2 fully saturated rings. The molecule has 2 nitrogen and oxygen atoms in total. The molecule has 2 unspecified atom stereocenters. The fraction of sp³-hybridized carbons (Fsp3) is 1.00. The van der Waals surface area contributed by atoms with Gasteiger partial charge in [0.2, 0.25) is 0 Å². The minimum absolute atomic E-state index is 0.369. The van der Waals surface area contributed by atoms with E-state index in [1.807, 2.05) is 0 Å². The summed E-state index contributed by atoms with van der Waals surface area (Å²) >= 11 is 0. The highest BCUT2D eigenvalue weighted by Gasteiger charge is 2.34. The molecule has 0 amide bonds. The predicted molar refractivity (Wildman–Crippen MR) is 55.8 cm³/mol. The van der Waals surface area contributed by atoms with E-state index in [1.54, 1.807) is 0 Å². The van der Waals surface area contributed by atoms with Gasteiger partial charge in [0.25, 0.3) is 0 Å². The quantitative estimate of drug-likeness (QED) is 0.608. The van der Waals surface area contributed by atoms with Gasteiger partial charge in [0.05, 0.1) is 0 Å². The van der Waals surface area contributed by atoms with Crippen LogP contribution in [0.25, 0.3) is 0 Å². The van der Waals surface area contributed by atoms with E-state index < -0.39 is 0 Å². The Morgan fingerprint density at radius 3 is 2.08 bits per heavy atom. The van der Waals surface area contributed by atoms with Crippen LogP contribution in [0.2, 0.25) is 0 Å². The Kier molecular flexibility index (Phi) is 2.37. The number of likely N-dealkylation sites (tertiary alicyclic amines) is 1. The molecule has 2 heterocycles.